The number of aliphatic carboxylic acids is 2. The lowest BCUT2D eigenvalue weighted by Gasteiger charge is -2.38. The van der Waals surface area contributed by atoms with Crippen molar-refractivity contribution in [3.05, 3.63) is 78.4 Å². The van der Waals surface area contributed by atoms with Gasteiger partial charge in [-0.1, -0.05) is 48.5 Å². The van der Waals surface area contributed by atoms with Gasteiger partial charge in [0, 0.05) is 43.5 Å². The number of rotatable bonds is 9. The van der Waals surface area contributed by atoms with E-state index < -0.39 is 11.9 Å². The van der Waals surface area contributed by atoms with Crippen LogP contribution in [0, 0.1) is 0 Å². The summed E-state index contributed by atoms with van der Waals surface area (Å²) in [5.41, 5.74) is 2.44. The Morgan fingerprint density at radius 3 is 1.97 bits per heavy atom. The van der Waals surface area contributed by atoms with Crippen LogP contribution in [0.3, 0.4) is 0 Å². The molecule has 1 aliphatic rings. The zero-order chi connectivity index (χ0) is 24.8. The van der Waals surface area contributed by atoms with E-state index in [2.05, 4.69) is 47.4 Å². The Hall–Kier alpha value is -3.10. The minimum absolute atomic E-state index is 0.228. The number of carbonyl (C=O) groups excluding carboxylic acids is 1. The third kappa shape index (κ3) is 9.80. The Morgan fingerprint density at radius 1 is 0.941 bits per heavy atom. The highest BCUT2D eigenvalue weighted by atomic mass is 32.2. The Kier molecular flexibility index (Phi) is 11.9. The number of carboxylic acids is 2. The maximum absolute atomic E-state index is 12.7. The smallest absolute Gasteiger partial charge is 0.328 e. The Bertz CT molecular complexity index is 913. The van der Waals surface area contributed by atoms with E-state index in [0.717, 1.165) is 44.6 Å². The van der Waals surface area contributed by atoms with Crippen molar-refractivity contribution in [2.24, 2.45) is 0 Å². The third-order valence-corrected chi connectivity index (χ3v) is 5.96. The number of benzene rings is 2. The minimum atomic E-state index is -1.26. The first kappa shape index (κ1) is 27.1. The van der Waals surface area contributed by atoms with Gasteiger partial charge >= 0.3 is 11.9 Å². The lowest BCUT2D eigenvalue weighted by Crippen LogP contribution is -2.48. The molecule has 0 unspecified atom stereocenters. The van der Waals surface area contributed by atoms with Gasteiger partial charge in [-0.3, -0.25) is 4.79 Å². The van der Waals surface area contributed by atoms with Gasteiger partial charge in [0.2, 0.25) is 5.91 Å². The number of anilines is 1. The average molecular weight is 485 g/mol. The quantitative estimate of drug-likeness (QED) is 0.523. The van der Waals surface area contributed by atoms with Gasteiger partial charge in [0.1, 0.15) is 0 Å². The lowest BCUT2D eigenvalue weighted by molar-refractivity contribution is -0.134. The van der Waals surface area contributed by atoms with Crippen LogP contribution in [0.5, 0.6) is 0 Å². The highest BCUT2D eigenvalue weighted by Crippen LogP contribution is 2.24. The van der Waals surface area contributed by atoms with Crippen molar-refractivity contribution in [3.8, 4) is 0 Å². The normalized spacial score (nSPS) is 14.3. The first-order valence-corrected chi connectivity index (χ1v) is 12.6. The Balaban J connectivity index is 0.000000440. The van der Waals surface area contributed by atoms with Crippen LogP contribution in [0.1, 0.15) is 18.4 Å². The molecular formula is C26H32N2O5S. The molecule has 7 nitrogen and oxygen atoms in total. The van der Waals surface area contributed by atoms with E-state index in [4.69, 9.17) is 10.2 Å². The molecule has 2 N–H and O–H groups in total. The summed E-state index contributed by atoms with van der Waals surface area (Å²) in [5, 5.41) is 15.6. The van der Waals surface area contributed by atoms with Gasteiger partial charge in [-0.25, -0.2) is 9.59 Å². The van der Waals surface area contributed by atoms with E-state index in [0.29, 0.717) is 23.9 Å². The first-order valence-electron chi connectivity index (χ1n) is 11.2. The van der Waals surface area contributed by atoms with Gasteiger partial charge in [-0.2, -0.15) is 11.8 Å². The van der Waals surface area contributed by atoms with Crippen LogP contribution in [0.25, 0.3) is 0 Å². The molecule has 34 heavy (non-hydrogen) atoms. The second-order valence-electron chi connectivity index (χ2n) is 7.85. The van der Waals surface area contributed by atoms with E-state index in [1.54, 1.807) is 11.8 Å². The van der Waals surface area contributed by atoms with Crippen molar-refractivity contribution in [2.75, 3.05) is 36.5 Å². The predicted octanol–water partition coefficient (Wildman–Crippen LogP) is 3.80. The molecule has 1 aliphatic heterocycles. The Morgan fingerprint density at radius 2 is 1.47 bits per heavy atom. The highest BCUT2D eigenvalue weighted by molar-refractivity contribution is 7.99. The zero-order valence-electron chi connectivity index (χ0n) is 19.4. The number of nitrogens with zero attached hydrogens (tertiary/aromatic N) is 2. The van der Waals surface area contributed by atoms with Crippen molar-refractivity contribution in [1.82, 2.24) is 4.90 Å². The fraction of sp³-hybridized carbons (Fsp3) is 0.346. The summed E-state index contributed by atoms with van der Waals surface area (Å²) in [6, 6.07) is 21.1. The summed E-state index contributed by atoms with van der Waals surface area (Å²) in [4.78, 5) is 36.4. The lowest BCUT2D eigenvalue weighted by atomic mass is 10.0. The molecule has 0 spiro atoms. The summed E-state index contributed by atoms with van der Waals surface area (Å²) in [7, 11) is 0. The van der Waals surface area contributed by atoms with Gasteiger partial charge in [0.15, 0.2) is 0 Å². The third-order valence-electron chi connectivity index (χ3n) is 5.42. The number of thioether (sulfide) groups is 1. The standard InChI is InChI=1S/C22H28N2OS.C4H4O4/c1-26-18-22(25)24(20-10-6-3-7-11-20)21-13-16-23(17-14-21)15-12-19-8-4-2-5-9-19;5-3(6)1-2-4(7)8/h2-11,21H,12-18H2,1H3;1-2H,(H,5,6)(H,7,8)/b;2-1-. The number of hydrogen-bond acceptors (Lipinski definition) is 5. The number of para-hydroxylation sites is 1. The molecule has 182 valence electrons. The molecule has 1 saturated heterocycles. The van der Waals surface area contributed by atoms with Gasteiger partial charge in [0.05, 0.1) is 5.75 Å². The summed E-state index contributed by atoms with van der Waals surface area (Å²) in [6.45, 7) is 3.22. The maximum atomic E-state index is 12.7. The predicted molar refractivity (Wildman–Crippen MR) is 136 cm³/mol. The van der Waals surface area contributed by atoms with Crippen molar-refractivity contribution >= 4 is 35.3 Å². The van der Waals surface area contributed by atoms with E-state index in [9.17, 15) is 14.4 Å². The van der Waals surface area contributed by atoms with E-state index in [1.165, 1.54) is 5.56 Å². The molecule has 0 saturated carbocycles. The van der Waals surface area contributed by atoms with Crippen LogP contribution in [0.2, 0.25) is 0 Å². The Labute approximate surface area is 205 Å². The van der Waals surface area contributed by atoms with Gasteiger partial charge in [0.25, 0.3) is 0 Å². The van der Waals surface area contributed by atoms with Gasteiger partial charge in [-0.15, -0.1) is 0 Å². The summed E-state index contributed by atoms with van der Waals surface area (Å²) >= 11 is 1.60. The highest BCUT2D eigenvalue weighted by Gasteiger charge is 2.28. The molecule has 0 aromatic heterocycles. The molecule has 2 aromatic carbocycles. The summed E-state index contributed by atoms with van der Waals surface area (Å²) in [5.74, 6) is -1.74. The molecule has 0 aliphatic carbocycles. The molecule has 0 atom stereocenters. The van der Waals surface area contributed by atoms with Crippen LogP contribution in [-0.4, -0.2) is 70.6 Å². The second kappa shape index (κ2) is 14.9. The van der Waals surface area contributed by atoms with E-state index >= 15 is 0 Å². The second-order valence-corrected chi connectivity index (χ2v) is 8.72. The monoisotopic (exact) mass is 484 g/mol. The molecule has 1 amide bonds. The molecule has 0 bridgehead atoms. The van der Waals surface area contributed by atoms with E-state index in [-0.39, 0.29) is 5.91 Å². The number of hydrogen-bond donors (Lipinski definition) is 2. The molecule has 1 fully saturated rings. The van der Waals surface area contributed by atoms with Crippen LogP contribution in [0.15, 0.2) is 72.8 Å². The molecular weight excluding hydrogens is 452 g/mol. The fourth-order valence-corrected chi connectivity index (χ4v) is 4.20. The largest absolute Gasteiger partial charge is 0.478 e. The number of carbonyl (C=O) groups is 3. The average Bonchev–Trinajstić information content (AvgIpc) is 2.84. The van der Waals surface area contributed by atoms with Crippen LogP contribution in [0.4, 0.5) is 5.69 Å². The van der Waals surface area contributed by atoms with Gasteiger partial charge < -0.3 is 20.0 Å². The number of likely N-dealkylation sites (tertiary alicyclic amines) is 1. The van der Waals surface area contributed by atoms with Gasteiger partial charge in [-0.05, 0) is 43.2 Å². The molecule has 3 rings (SSSR count). The van der Waals surface area contributed by atoms with Crippen molar-refractivity contribution in [1.29, 1.82) is 0 Å². The van der Waals surface area contributed by atoms with Crippen LogP contribution < -0.4 is 4.90 Å². The SMILES string of the molecule is CSCC(=O)N(c1ccccc1)C1CCN(CCc2ccccc2)CC1.O=C(O)/C=C\C(=O)O. The number of carboxylic acid groups (broad SMARTS) is 2. The summed E-state index contributed by atoms with van der Waals surface area (Å²) < 4.78 is 0. The topological polar surface area (TPSA) is 98.2 Å². The van der Waals surface area contributed by atoms with E-state index in [1.807, 2.05) is 29.4 Å². The van der Waals surface area contributed by atoms with Crippen LogP contribution >= 0.6 is 11.8 Å². The maximum Gasteiger partial charge on any atom is 0.328 e. The van der Waals surface area contributed by atoms with Crippen LogP contribution in [-0.2, 0) is 20.8 Å². The zero-order valence-corrected chi connectivity index (χ0v) is 20.2. The van der Waals surface area contributed by atoms with Crippen molar-refractivity contribution in [3.63, 3.8) is 0 Å². The summed E-state index contributed by atoms with van der Waals surface area (Å²) in [6.07, 6.45) is 6.30. The fourth-order valence-electron chi connectivity index (χ4n) is 3.82. The molecule has 2 aromatic rings. The first-order chi connectivity index (χ1) is 16.4. The number of amides is 1. The number of piperidine rings is 1. The minimum Gasteiger partial charge on any atom is -0.478 e. The molecule has 0 radical (unpaired) electrons. The van der Waals surface area contributed by atoms with Crippen molar-refractivity contribution < 1.29 is 24.6 Å². The van der Waals surface area contributed by atoms with Crippen molar-refractivity contribution in [2.45, 2.75) is 25.3 Å². The molecule has 8 heteroatoms. The molecule has 1 heterocycles.